The molecular formula is C15H14O3. The van der Waals surface area contributed by atoms with Gasteiger partial charge < -0.3 is 9.84 Å². The molecule has 0 aliphatic carbocycles. The second-order valence-electron chi connectivity index (χ2n) is 4.03. The third-order valence-corrected chi connectivity index (χ3v) is 2.71. The maximum absolute atomic E-state index is 10.7. The predicted octanol–water partition coefficient (Wildman–Crippen LogP) is 3.41. The van der Waals surface area contributed by atoms with Gasteiger partial charge in [-0.25, -0.2) is 0 Å². The standard InChI is InChI=1S/C15H14O3/c1-11-12(10-15(16)17)6-5-9-14(11)18-13-7-3-2-4-8-13/h2-9H,10H2,1H3,(H,16,17). The number of para-hydroxylation sites is 1. The minimum absolute atomic E-state index is 0.0117. The Kier molecular flexibility index (Phi) is 3.63. The number of aliphatic carboxylic acids is 1. The van der Waals surface area contributed by atoms with Crippen molar-refractivity contribution in [2.24, 2.45) is 0 Å². The number of ether oxygens (including phenoxy) is 1. The second-order valence-corrected chi connectivity index (χ2v) is 4.03. The summed E-state index contributed by atoms with van der Waals surface area (Å²) >= 11 is 0. The van der Waals surface area contributed by atoms with E-state index in [1.807, 2.05) is 49.4 Å². The molecule has 0 aliphatic heterocycles. The molecule has 3 nitrogen and oxygen atoms in total. The fraction of sp³-hybridized carbons (Fsp3) is 0.133. The van der Waals surface area contributed by atoms with Crippen molar-refractivity contribution in [3.8, 4) is 11.5 Å². The van der Waals surface area contributed by atoms with Gasteiger partial charge in [-0.3, -0.25) is 4.79 Å². The molecule has 3 heteroatoms. The van der Waals surface area contributed by atoms with Crippen LogP contribution in [0.5, 0.6) is 11.5 Å². The van der Waals surface area contributed by atoms with Crippen LogP contribution >= 0.6 is 0 Å². The molecule has 0 aromatic heterocycles. The number of carboxylic acid groups (broad SMARTS) is 1. The van der Waals surface area contributed by atoms with E-state index in [4.69, 9.17) is 9.84 Å². The quantitative estimate of drug-likeness (QED) is 0.893. The van der Waals surface area contributed by atoms with Crippen LogP contribution in [0, 0.1) is 6.92 Å². The molecule has 2 aromatic carbocycles. The molecule has 2 aromatic rings. The Morgan fingerprint density at radius 2 is 1.83 bits per heavy atom. The third kappa shape index (κ3) is 2.88. The predicted molar refractivity (Wildman–Crippen MR) is 69.0 cm³/mol. The van der Waals surface area contributed by atoms with Gasteiger partial charge in [0.15, 0.2) is 0 Å². The van der Waals surface area contributed by atoms with Crippen LogP contribution in [0.1, 0.15) is 11.1 Å². The van der Waals surface area contributed by atoms with Gasteiger partial charge in [-0.15, -0.1) is 0 Å². The van der Waals surface area contributed by atoms with Gasteiger partial charge in [0.2, 0.25) is 0 Å². The molecule has 0 aliphatic rings. The van der Waals surface area contributed by atoms with Crippen LogP contribution in [0.4, 0.5) is 0 Å². The van der Waals surface area contributed by atoms with Crippen molar-refractivity contribution in [1.29, 1.82) is 0 Å². The molecule has 0 atom stereocenters. The zero-order valence-electron chi connectivity index (χ0n) is 10.1. The first kappa shape index (κ1) is 12.2. The van der Waals surface area contributed by atoms with Crippen molar-refractivity contribution in [2.75, 3.05) is 0 Å². The summed E-state index contributed by atoms with van der Waals surface area (Å²) in [6.45, 7) is 1.87. The van der Waals surface area contributed by atoms with E-state index in [1.165, 1.54) is 0 Å². The lowest BCUT2D eigenvalue weighted by molar-refractivity contribution is -0.136. The monoisotopic (exact) mass is 242 g/mol. The van der Waals surface area contributed by atoms with E-state index in [2.05, 4.69) is 0 Å². The summed E-state index contributed by atoms with van der Waals surface area (Å²) in [5, 5.41) is 8.83. The highest BCUT2D eigenvalue weighted by atomic mass is 16.5. The van der Waals surface area contributed by atoms with Crippen molar-refractivity contribution in [3.63, 3.8) is 0 Å². The van der Waals surface area contributed by atoms with E-state index in [9.17, 15) is 4.79 Å². The van der Waals surface area contributed by atoms with Gasteiger partial charge in [0.25, 0.3) is 0 Å². The largest absolute Gasteiger partial charge is 0.481 e. The van der Waals surface area contributed by atoms with Crippen LogP contribution < -0.4 is 4.74 Å². The van der Waals surface area contributed by atoms with Crippen molar-refractivity contribution in [2.45, 2.75) is 13.3 Å². The van der Waals surface area contributed by atoms with Gasteiger partial charge >= 0.3 is 5.97 Å². The molecule has 0 radical (unpaired) electrons. The van der Waals surface area contributed by atoms with Gasteiger partial charge in [-0.2, -0.15) is 0 Å². The molecule has 0 saturated carbocycles. The topological polar surface area (TPSA) is 46.5 Å². The number of hydrogen-bond donors (Lipinski definition) is 1. The summed E-state index contributed by atoms with van der Waals surface area (Å²) in [6, 6.07) is 14.9. The summed E-state index contributed by atoms with van der Waals surface area (Å²) in [7, 11) is 0. The zero-order chi connectivity index (χ0) is 13.0. The summed E-state index contributed by atoms with van der Waals surface area (Å²) in [5.41, 5.74) is 1.64. The third-order valence-electron chi connectivity index (χ3n) is 2.71. The van der Waals surface area contributed by atoms with Crippen LogP contribution in [0.3, 0.4) is 0 Å². The molecule has 0 saturated heterocycles. The van der Waals surface area contributed by atoms with Crippen molar-refractivity contribution >= 4 is 5.97 Å². The number of rotatable bonds is 4. The van der Waals surface area contributed by atoms with Crippen molar-refractivity contribution in [1.82, 2.24) is 0 Å². The van der Waals surface area contributed by atoms with Crippen molar-refractivity contribution < 1.29 is 14.6 Å². The molecule has 1 N–H and O–H groups in total. The van der Waals surface area contributed by atoms with Crippen LogP contribution in [0.25, 0.3) is 0 Å². The van der Waals surface area contributed by atoms with E-state index in [0.717, 1.165) is 16.9 Å². The minimum Gasteiger partial charge on any atom is -0.481 e. The summed E-state index contributed by atoms with van der Waals surface area (Å²) < 4.78 is 5.74. The summed E-state index contributed by atoms with van der Waals surface area (Å²) in [4.78, 5) is 10.7. The Labute approximate surface area is 106 Å². The molecule has 0 bridgehead atoms. The van der Waals surface area contributed by atoms with Crippen LogP contribution in [-0.4, -0.2) is 11.1 Å². The lowest BCUT2D eigenvalue weighted by Gasteiger charge is -2.11. The van der Waals surface area contributed by atoms with Gasteiger partial charge in [0.05, 0.1) is 6.42 Å². The van der Waals surface area contributed by atoms with E-state index < -0.39 is 5.97 Å². The first-order valence-electron chi connectivity index (χ1n) is 5.70. The number of benzene rings is 2. The molecule has 0 amide bonds. The molecule has 92 valence electrons. The van der Waals surface area contributed by atoms with Crippen LogP contribution in [0.15, 0.2) is 48.5 Å². The molecule has 0 spiro atoms. The van der Waals surface area contributed by atoms with Crippen LogP contribution in [0.2, 0.25) is 0 Å². The number of hydrogen-bond acceptors (Lipinski definition) is 2. The fourth-order valence-corrected chi connectivity index (χ4v) is 1.74. The van der Waals surface area contributed by atoms with Gasteiger partial charge in [-0.1, -0.05) is 30.3 Å². The average molecular weight is 242 g/mol. The highest BCUT2D eigenvalue weighted by Crippen LogP contribution is 2.27. The second kappa shape index (κ2) is 5.36. The molecule has 18 heavy (non-hydrogen) atoms. The fourth-order valence-electron chi connectivity index (χ4n) is 1.74. The average Bonchev–Trinajstić information content (AvgIpc) is 2.35. The Bertz CT molecular complexity index is 547. The smallest absolute Gasteiger partial charge is 0.307 e. The molecular weight excluding hydrogens is 228 g/mol. The first-order chi connectivity index (χ1) is 8.66. The van der Waals surface area contributed by atoms with Gasteiger partial charge in [0, 0.05) is 0 Å². The highest BCUT2D eigenvalue weighted by Gasteiger charge is 2.08. The number of carbonyl (C=O) groups is 1. The van der Waals surface area contributed by atoms with Crippen molar-refractivity contribution in [3.05, 3.63) is 59.7 Å². The molecule has 0 fully saturated rings. The lowest BCUT2D eigenvalue weighted by atomic mass is 10.1. The first-order valence-corrected chi connectivity index (χ1v) is 5.70. The lowest BCUT2D eigenvalue weighted by Crippen LogP contribution is -2.02. The van der Waals surface area contributed by atoms with E-state index in [-0.39, 0.29) is 6.42 Å². The normalized spacial score (nSPS) is 10.1. The Hall–Kier alpha value is -2.29. The summed E-state index contributed by atoms with van der Waals surface area (Å²) in [6.07, 6.45) is 0.0117. The molecule has 0 unspecified atom stereocenters. The maximum Gasteiger partial charge on any atom is 0.307 e. The molecule has 0 heterocycles. The highest BCUT2D eigenvalue weighted by molar-refractivity contribution is 5.71. The minimum atomic E-state index is -0.838. The summed E-state index contributed by atoms with van der Waals surface area (Å²) in [5.74, 6) is 0.600. The molecule has 2 rings (SSSR count). The Balaban J connectivity index is 2.26. The Morgan fingerprint density at radius 1 is 1.11 bits per heavy atom. The Morgan fingerprint density at radius 3 is 2.50 bits per heavy atom. The van der Waals surface area contributed by atoms with E-state index in [1.54, 1.807) is 6.07 Å². The van der Waals surface area contributed by atoms with Gasteiger partial charge in [-0.05, 0) is 36.2 Å². The van der Waals surface area contributed by atoms with Crippen LogP contribution in [-0.2, 0) is 11.2 Å². The van der Waals surface area contributed by atoms with Gasteiger partial charge in [0.1, 0.15) is 11.5 Å². The van der Waals surface area contributed by atoms with E-state index in [0.29, 0.717) is 5.75 Å². The number of carboxylic acids is 1. The SMILES string of the molecule is Cc1c(CC(=O)O)cccc1Oc1ccccc1. The maximum atomic E-state index is 10.7. The zero-order valence-corrected chi connectivity index (χ0v) is 10.1. The van der Waals surface area contributed by atoms with E-state index >= 15 is 0 Å².